The number of hydrogen-bond acceptors (Lipinski definition) is 2. The van der Waals surface area contributed by atoms with Crippen molar-refractivity contribution < 1.29 is 0 Å². The number of nitrogens with zero attached hydrogens (tertiary/aromatic N) is 1. The summed E-state index contributed by atoms with van der Waals surface area (Å²) in [7, 11) is 0. The summed E-state index contributed by atoms with van der Waals surface area (Å²) in [5, 5.41) is 0. The number of aromatic nitrogens is 1. The molecule has 2 heteroatoms. The molecule has 1 aromatic rings. The first kappa shape index (κ1) is 10.9. The van der Waals surface area contributed by atoms with Crippen LogP contribution in [0.4, 0.5) is 0 Å². The highest BCUT2D eigenvalue weighted by molar-refractivity contribution is 5.16. The van der Waals surface area contributed by atoms with Crippen molar-refractivity contribution in [3.63, 3.8) is 0 Å². The zero-order chi connectivity index (χ0) is 10.4. The van der Waals surface area contributed by atoms with Crippen molar-refractivity contribution in [2.45, 2.75) is 32.2 Å². The first-order valence-electron chi connectivity index (χ1n) is 5.03. The molecule has 0 aliphatic rings. The van der Waals surface area contributed by atoms with Gasteiger partial charge < -0.3 is 5.73 Å². The fourth-order valence-corrected chi connectivity index (χ4v) is 1.35. The molecule has 1 unspecified atom stereocenters. The maximum Gasteiger partial charge on any atom is 0.0372 e. The Morgan fingerprint density at radius 3 is 2.93 bits per heavy atom. The molecule has 76 valence electrons. The first-order chi connectivity index (χ1) is 6.74. The Hall–Kier alpha value is -1.15. The van der Waals surface area contributed by atoms with Gasteiger partial charge in [0, 0.05) is 17.9 Å². The molecule has 2 nitrogen and oxygen atoms in total. The van der Waals surface area contributed by atoms with E-state index in [0.29, 0.717) is 0 Å². The molecule has 1 aromatic heterocycles. The lowest BCUT2D eigenvalue weighted by Crippen LogP contribution is -2.10. The van der Waals surface area contributed by atoms with Gasteiger partial charge in [-0.25, -0.2) is 0 Å². The van der Waals surface area contributed by atoms with Gasteiger partial charge in [0.15, 0.2) is 0 Å². The number of allylic oxidation sites excluding steroid dienone is 1. The minimum Gasteiger partial charge on any atom is -0.324 e. The summed E-state index contributed by atoms with van der Waals surface area (Å²) in [5.41, 5.74) is 8.17. The van der Waals surface area contributed by atoms with Gasteiger partial charge in [0.05, 0.1) is 0 Å². The number of rotatable bonds is 5. The van der Waals surface area contributed by atoms with Crippen molar-refractivity contribution in [1.82, 2.24) is 4.98 Å². The summed E-state index contributed by atoms with van der Waals surface area (Å²) in [6.45, 7) is 5.67. The zero-order valence-corrected chi connectivity index (χ0v) is 8.74. The standard InChI is InChI=1S/C12H18N2/c1-3-4-5-6-12(13)11-8-7-10(2)14-9-11/h3,7-9,12H,1,4-6,13H2,2H3. The Kier molecular flexibility index (Phi) is 4.33. The van der Waals surface area contributed by atoms with Crippen LogP contribution in [0.1, 0.15) is 36.6 Å². The van der Waals surface area contributed by atoms with Crippen LogP contribution >= 0.6 is 0 Å². The monoisotopic (exact) mass is 190 g/mol. The molecule has 0 saturated carbocycles. The highest BCUT2D eigenvalue weighted by Crippen LogP contribution is 2.15. The quantitative estimate of drug-likeness (QED) is 0.572. The van der Waals surface area contributed by atoms with Crippen LogP contribution in [-0.2, 0) is 0 Å². The second-order valence-electron chi connectivity index (χ2n) is 3.56. The van der Waals surface area contributed by atoms with E-state index in [0.717, 1.165) is 30.5 Å². The molecular weight excluding hydrogens is 172 g/mol. The van der Waals surface area contributed by atoms with Crippen molar-refractivity contribution in [3.05, 3.63) is 42.2 Å². The van der Waals surface area contributed by atoms with Crippen LogP contribution in [0.3, 0.4) is 0 Å². The van der Waals surface area contributed by atoms with E-state index < -0.39 is 0 Å². The molecular formula is C12H18N2. The number of hydrogen-bond donors (Lipinski definition) is 1. The molecule has 14 heavy (non-hydrogen) atoms. The first-order valence-corrected chi connectivity index (χ1v) is 5.03. The van der Waals surface area contributed by atoms with Crippen molar-refractivity contribution in [1.29, 1.82) is 0 Å². The summed E-state index contributed by atoms with van der Waals surface area (Å²) >= 11 is 0. The van der Waals surface area contributed by atoms with Crippen LogP contribution in [0.25, 0.3) is 0 Å². The molecule has 1 atom stereocenters. The van der Waals surface area contributed by atoms with Gasteiger partial charge in [0.25, 0.3) is 0 Å². The lowest BCUT2D eigenvalue weighted by atomic mass is 10.0. The summed E-state index contributed by atoms with van der Waals surface area (Å²) < 4.78 is 0. The van der Waals surface area contributed by atoms with Crippen LogP contribution < -0.4 is 5.73 Å². The Morgan fingerprint density at radius 1 is 1.57 bits per heavy atom. The molecule has 0 aromatic carbocycles. The third-order valence-electron chi connectivity index (χ3n) is 2.29. The van der Waals surface area contributed by atoms with Gasteiger partial charge in [0.2, 0.25) is 0 Å². The SMILES string of the molecule is C=CCCCC(N)c1ccc(C)nc1. The van der Waals surface area contributed by atoms with Gasteiger partial charge in [-0.1, -0.05) is 12.1 Å². The minimum atomic E-state index is 0.114. The third-order valence-corrected chi connectivity index (χ3v) is 2.29. The van der Waals surface area contributed by atoms with E-state index in [1.165, 1.54) is 0 Å². The average molecular weight is 190 g/mol. The van der Waals surface area contributed by atoms with Crippen LogP contribution in [0.2, 0.25) is 0 Å². The zero-order valence-electron chi connectivity index (χ0n) is 8.74. The van der Waals surface area contributed by atoms with E-state index in [2.05, 4.69) is 17.6 Å². The predicted octanol–water partition coefficient (Wildman–Crippen LogP) is 2.75. The van der Waals surface area contributed by atoms with Crippen molar-refractivity contribution in [3.8, 4) is 0 Å². The topological polar surface area (TPSA) is 38.9 Å². The molecule has 2 N–H and O–H groups in total. The smallest absolute Gasteiger partial charge is 0.0372 e. The van der Waals surface area contributed by atoms with Gasteiger partial charge in [-0.2, -0.15) is 0 Å². The largest absolute Gasteiger partial charge is 0.324 e. The third kappa shape index (κ3) is 3.30. The van der Waals surface area contributed by atoms with E-state index in [4.69, 9.17) is 5.73 Å². The number of unbranched alkanes of at least 4 members (excludes halogenated alkanes) is 1. The lowest BCUT2D eigenvalue weighted by Gasteiger charge is -2.10. The summed E-state index contributed by atoms with van der Waals surface area (Å²) in [6, 6.07) is 4.17. The van der Waals surface area contributed by atoms with Gasteiger partial charge in [-0.05, 0) is 37.8 Å². The number of aryl methyl sites for hydroxylation is 1. The van der Waals surface area contributed by atoms with Gasteiger partial charge in [-0.3, -0.25) is 4.98 Å². The molecule has 0 aliphatic carbocycles. The van der Waals surface area contributed by atoms with Crippen LogP contribution in [0.5, 0.6) is 0 Å². The van der Waals surface area contributed by atoms with E-state index in [1.54, 1.807) is 0 Å². The number of pyridine rings is 1. The maximum absolute atomic E-state index is 6.01. The normalized spacial score (nSPS) is 12.4. The molecule has 0 spiro atoms. The molecule has 0 radical (unpaired) electrons. The second kappa shape index (κ2) is 5.55. The summed E-state index contributed by atoms with van der Waals surface area (Å²) in [6.07, 6.45) is 6.93. The van der Waals surface area contributed by atoms with Crippen LogP contribution in [-0.4, -0.2) is 4.98 Å². The Morgan fingerprint density at radius 2 is 2.36 bits per heavy atom. The molecule has 0 bridgehead atoms. The predicted molar refractivity (Wildman–Crippen MR) is 60.0 cm³/mol. The van der Waals surface area contributed by atoms with Crippen LogP contribution in [0, 0.1) is 6.92 Å². The molecule has 0 aliphatic heterocycles. The minimum absolute atomic E-state index is 0.114. The van der Waals surface area contributed by atoms with Gasteiger partial charge in [-0.15, -0.1) is 6.58 Å². The van der Waals surface area contributed by atoms with Crippen molar-refractivity contribution in [2.24, 2.45) is 5.73 Å². The molecule has 0 saturated heterocycles. The molecule has 1 heterocycles. The van der Waals surface area contributed by atoms with Crippen LogP contribution in [0.15, 0.2) is 31.0 Å². The fourth-order valence-electron chi connectivity index (χ4n) is 1.35. The maximum atomic E-state index is 6.01. The van der Waals surface area contributed by atoms with E-state index in [-0.39, 0.29) is 6.04 Å². The Labute approximate surface area is 85.9 Å². The van der Waals surface area contributed by atoms with E-state index in [1.807, 2.05) is 25.3 Å². The Bertz CT molecular complexity index is 277. The molecule has 1 rings (SSSR count). The fraction of sp³-hybridized carbons (Fsp3) is 0.417. The van der Waals surface area contributed by atoms with E-state index >= 15 is 0 Å². The number of nitrogens with two attached hydrogens (primary N) is 1. The summed E-state index contributed by atoms with van der Waals surface area (Å²) in [5.74, 6) is 0. The summed E-state index contributed by atoms with van der Waals surface area (Å²) in [4.78, 5) is 4.23. The molecule has 0 amide bonds. The van der Waals surface area contributed by atoms with Crippen molar-refractivity contribution >= 4 is 0 Å². The van der Waals surface area contributed by atoms with Gasteiger partial charge in [0.1, 0.15) is 0 Å². The van der Waals surface area contributed by atoms with E-state index in [9.17, 15) is 0 Å². The average Bonchev–Trinajstić information content (AvgIpc) is 2.19. The lowest BCUT2D eigenvalue weighted by molar-refractivity contribution is 0.615. The highest BCUT2D eigenvalue weighted by atomic mass is 14.7. The highest BCUT2D eigenvalue weighted by Gasteiger charge is 2.04. The molecule has 0 fully saturated rings. The van der Waals surface area contributed by atoms with Crippen molar-refractivity contribution in [2.75, 3.05) is 0 Å². The second-order valence-corrected chi connectivity index (χ2v) is 3.56. The van der Waals surface area contributed by atoms with Gasteiger partial charge >= 0.3 is 0 Å². The Balaban J connectivity index is 2.47.